The third-order valence-corrected chi connectivity index (χ3v) is 3.49. The molecule has 0 radical (unpaired) electrons. The molecular formula is C16H20O2. The molecule has 1 aromatic carbocycles. The van der Waals surface area contributed by atoms with E-state index in [1.165, 1.54) is 11.1 Å². The van der Waals surface area contributed by atoms with Crippen molar-refractivity contribution in [3.05, 3.63) is 58.5 Å². The Bertz CT molecular complexity index is 526. The van der Waals surface area contributed by atoms with Crippen LogP contribution in [0.2, 0.25) is 0 Å². The van der Waals surface area contributed by atoms with Crippen LogP contribution in [0.4, 0.5) is 0 Å². The Morgan fingerprint density at radius 3 is 2.44 bits per heavy atom. The van der Waals surface area contributed by atoms with Crippen LogP contribution in [-0.2, 0) is 12.8 Å². The van der Waals surface area contributed by atoms with E-state index in [2.05, 4.69) is 32.0 Å². The van der Waals surface area contributed by atoms with Gasteiger partial charge in [0.2, 0.25) is 0 Å². The van der Waals surface area contributed by atoms with Crippen molar-refractivity contribution in [2.45, 2.75) is 39.7 Å². The minimum absolute atomic E-state index is 0.592. The SMILES string of the molecule is CCc1ccc(CC)c(C(O)c2ccoc2C)c1. The average molecular weight is 244 g/mol. The summed E-state index contributed by atoms with van der Waals surface area (Å²) in [5.74, 6) is 0.784. The molecule has 2 nitrogen and oxygen atoms in total. The normalized spacial score (nSPS) is 12.7. The van der Waals surface area contributed by atoms with Crippen LogP contribution in [0, 0.1) is 6.92 Å². The van der Waals surface area contributed by atoms with Gasteiger partial charge in [0.05, 0.1) is 6.26 Å². The lowest BCUT2D eigenvalue weighted by molar-refractivity contribution is 0.217. The van der Waals surface area contributed by atoms with Gasteiger partial charge in [0.15, 0.2) is 0 Å². The molecule has 1 unspecified atom stereocenters. The fourth-order valence-corrected chi connectivity index (χ4v) is 2.29. The Morgan fingerprint density at radius 1 is 1.11 bits per heavy atom. The Balaban J connectivity index is 2.45. The predicted molar refractivity (Wildman–Crippen MR) is 72.7 cm³/mol. The highest BCUT2D eigenvalue weighted by Crippen LogP contribution is 2.29. The van der Waals surface area contributed by atoms with Crippen molar-refractivity contribution in [3.8, 4) is 0 Å². The van der Waals surface area contributed by atoms with E-state index in [0.717, 1.165) is 29.7 Å². The van der Waals surface area contributed by atoms with Gasteiger partial charge in [-0.1, -0.05) is 32.0 Å². The zero-order valence-electron chi connectivity index (χ0n) is 11.2. The summed E-state index contributed by atoms with van der Waals surface area (Å²) in [4.78, 5) is 0. The van der Waals surface area contributed by atoms with Gasteiger partial charge >= 0.3 is 0 Å². The Labute approximate surface area is 108 Å². The lowest BCUT2D eigenvalue weighted by Gasteiger charge is -2.16. The highest BCUT2D eigenvalue weighted by atomic mass is 16.3. The van der Waals surface area contributed by atoms with Crippen LogP contribution >= 0.6 is 0 Å². The molecule has 0 spiro atoms. The molecule has 0 aliphatic rings. The van der Waals surface area contributed by atoms with E-state index >= 15 is 0 Å². The molecule has 1 N–H and O–H groups in total. The van der Waals surface area contributed by atoms with Crippen LogP contribution in [0.15, 0.2) is 34.9 Å². The van der Waals surface area contributed by atoms with E-state index in [1.807, 2.05) is 13.0 Å². The first-order chi connectivity index (χ1) is 8.67. The van der Waals surface area contributed by atoms with Crippen molar-refractivity contribution in [2.24, 2.45) is 0 Å². The van der Waals surface area contributed by atoms with Crippen molar-refractivity contribution >= 4 is 0 Å². The van der Waals surface area contributed by atoms with Crippen molar-refractivity contribution in [1.29, 1.82) is 0 Å². The van der Waals surface area contributed by atoms with Crippen LogP contribution in [0.25, 0.3) is 0 Å². The lowest BCUT2D eigenvalue weighted by Crippen LogP contribution is -2.04. The summed E-state index contributed by atoms with van der Waals surface area (Å²) >= 11 is 0. The summed E-state index contributed by atoms with van der Waals surface area (Å²) in [6, 6.07) is 8.21. The predicted octanol–water partition coefficient (Wildman–Crippen LogP) is 3.79. The molecule has 2 rings (SSSR count). The summed E-state index contributed by atoms with van der Waals surface area (Å²) < 4.78 is 5.28. The zero-order chi connectivity index (χ0) is 13.1. The molecule has 1 atom stereocenters. The van der Waals surface area contributed by atoms with E-state index in [-0.39, 0.29) is 0 Å². The van der Waals surface area contributed by atoms with E-state index < -0.39 is 6.10 Å². The second-order valence-corrected chi connectivity index (χ2v) is 4.57. The quantitative estimate of drug-likeness (QED) is 0.887. The van der Waals surface area contributed by atoms with Gasteiger partial charge in [-0.25, -0.2) is 0 Å². The third kappa shape index (κ3) is 2.34. The number of benzene rings is 1. The maximum absolute atomic E-state index is 10.5. The minimum Gasteiger partial charge on any atom is -0.469 e. The molecule has 2 heteroatoms. The first-order valence-corrected chi connectivity index (χ1v) is 6.51. The highest BCUT2D eigenvalue weighted by molar-refractivity contribution is 5.39. The summed E-state index contributed by atoms with van der Waals surface area (Å²) in [6.07, 6.45) is 2.94. The van der Waals surface area contributed by atoms with Crippen LogP contribution < -0.4 is 0 Å². The molecule has 0 saturated carbocycles. The smallest absolute Gasteiger partial charge is 0.108 e. The van der Waals surface area contributed by atoms with E-state index in [0.29, 0.717) is 0 Å². The topological polar surface area (TPSA) is 33.4 Å². The summed E-state index contributed by atoms with van der Waals surface area (Å²) in [6.45, 7) is 6.12. The number of aliphatic hydroxyl groups excluding tert-OH is 1. The third-order valence-electron chi connectivity index (χ3n) is 3.49. The molecule has 1 aromatic heterocycles. The van der Waals surface area contributed by atoms with Gasteiger partial charge in [-0.05, 0) is 42.5 Å². The molecule has 0 aliphatic heterocycles. The molecule has 0 amide bonds. The fraction of sp³-hybridized carbons (Fsp3) is 0.375. The molecule has 18 heavy (non-hydrogen) atoms. The van der Waals surface area contributed by atoms with Gasteiger partial charge in [-0.3, -0.25) is 0 Å². The maximum Gasteiger partial charge on any atom is 0.108 e. The molecule has 96 valence electrons. The molecule has 1 heterocycles. The van der Waals surface area contributed by atoms with E-state index in [4.69, 9.17) is 4.42 Å². The van der Waals surface area contributed by atoms with Gasteiger partial charge in [0, 0.05) is 5.56 Å². The number of aliphatic hydroxyl groups is 1. The van der Waals surface area contributed by atoms with Gasteiger partial charge in [-0.15, -0.1) is 0 Å². The number of furan rings is 1. The van der Waals surface area contributed by atoms with Crippen LogP contribution in [0.5, 0.6) is 0 Å². The highest BCUT2D eigenvalue weighted by Gasteiger charge is 2.17. The Kier molecular flexibility index (Phi) is 3.87. The monoisotopic (exact) mass is 244 g/mol. The van der Waals surface area contributed by atoms with Crippen molar-refractivity contribution in [2.75, 3.05) is 0 Å². The fourth-order valence-electron chi connectivity index (χ4n) is 2.29. The Hall–Kier alpha value is -1.54. The number of rotatable bonds is 4. The van der Waals surface area contributed by atoms with Crippen molar-refractivity contribution < 1.29 is 9.52 Å². The largest absolute Gasteiger partial charge is 0.469 e. The van der Waals surface area contributed by atoms with Gasteiger partial charge < -0.3 is 9.52 Å². The maximum atomic E-state index is 10.5. The van der Waals surface area contributed by atoms with E-state index in [1.54, 1.807) is 6.26 Å². The summed E-state index contributed by atoms with van der Waals surface area (Å²) in [5, 5.41) is 10.5. The first-order valence-electron chi connectivity index (χ1n) is 6.51. The average Bonchev–Trinajstić information content (AvgIpc) is 2.83. The molecule has 0 fully saturated rings. The standard InChI is InChI=1S/C16H20O2/c1-4-12-6-7-13(5-2)15(10-12)16(17)14-8-9-18-11(14)3/h6-10,16-17H,4-5H2,1-3H3. The van der Waals surface area contributed by atoms with Gasteiger partial charge in [0.1, 0.15) is 11.9 Å². The molecule has 0 saturated heterocycles. The Morgan fingerprint density at radius 2 is 1.89 bits per heavy atom. The molecule has 0 bridgehead atoms. The summed E-state index contributed by atoms with van der Waals surface area (Å²) in [5.41, 5.74) is 4.31. The number of aryl methyl sites for hydroxylation is 3. The second kappa shape index (κ2) is 5.40. The van der Waals surface area contributed by atoms with Crippen LogP contribution in [-0.4, -0.2) is 5.11 Å². The molecule has 2 aromatic rings. The molecular weight excluding hydrogens is 224 g/mol. The van der Waals surface area contributed by atoms with Gasteiger partial charge in [-0.2, -0.15) is 0 Å². The molecule has 0 aliphatic carbocycles. The minimum atomic E-state index is -0.592. The lowest BCUT2D eigenvalue weighted by atomic mass is 9.93. The van der Waals surface area contributed by atoms with Crippen LogP contribution in [0.3, 0.4) is 0 Å². The zero-order valence-corrected chi connectivity index (χ0v) is 11.2. The number of hydrogen-bond donors (Lipinski definition) is 1. The van der Waals surface area contributed by atoms with Crippen molar-refractivity contribution in [3.63, 3.8) is 0 Å². The van der Waals surface area contributed by atoms with Gasteiger partial charge in [0.25, 0.3) is 0 Å². The van der Waals surface area contributed by atoms with Crippen LogP contribution in [0.1, 0.15) is 48.0 Å². The second-order valence-electron chi connectivity index (χ2n) is 4.57. The first kappa shape index (κ1) is 12.9. The van der Waals surface area contributed by atoms with Crippen molar-refractivity contribution in [1.82, 2.24) is 0 Å². The van der Waals surface area contributed by atoms with E-state index in [9.17, 15) is 5.11 Å². The summed E-state index contributed by atoms with van der Waals surface area (Å²) in [7, 11) is 0. The number of hydrogen-bond acceptors (Lipinski definition) is 2.